The normalized spacial score (nSPS) is 11.9. The van der Waals surface area contributed by atoms with E-state index in [2.05, 4.69) is 24.3 Å². The molecule has 0 bridgehead atoms. The number of carbonyl (C=O) groups excluding carboxylic acids is 1. The fourth-order valence-corrected chi connectivity index (χ4v) is 2.21. The van der Waals surface area contributed by atoms with Gasteiger partial charge in [0.1, 0.15) is 0 Å². The Hall–Kier alpha value is -2.09. The molecule has 20 heavy (non-hydrogen) atoms. The lowest BCUT2D eigenvalue weighted by molar-refractivity contribution is -0.144. The van der Waals surface area contributed by atoms with Crippen molar-refractivity contribution in [2.24, 2.45) is 0 Å². The van der Waals surface area contributed by atoms with Crippen molar-refractivity contribution in [3.05, 3.63) is 71.3 Å². The molecule has 0 aromatic heterocycles. The third kappa shape index (κ3) is 3.70. The van der Waals surface area contributed by atoms with Crippen LogP contribution in [0.5, 0.6) is 0 Å². The molecule has 2 aromatic carbocycles. The van der Waals surface area contributed by atoms with E-state index in [4.69, 9.17) is 4.74 Å². The fourth-order valence-electron chi connectivity index (χ4n) is 2.21. The van der Waals surface area contributed by atoms with Crippen LogP contribution in [0, 0.1) is 0 Å². The number of hydrogen-bond acceptors (Lipinski definition) is 2. The van der Waals surface area contributed by atoms with Crippen LogP contribution in [-0.4, -0.2) is 12.6 Å². The zero-order valence-corrected chi connectivity index (χ0v) is 12.0. The van der Waals surface area contributed by atoms with Gasteiger partial charge in [0.05, 0.1) is 12.5 Å². The maximum absolute atomic E-state index is 11.8. The quantitative estimate of drug-likeness (QED) is 0.768. The van der Waals surface area contributed by atoms with Crippen LogP contribution >= 0.6 is 0 Å². The molecule has 104 valence electrons. The predicted octanol–water partition coefficient (Wildman–Crippen LogP) is 3.94. The second kappa shape index (κ2) is 6.90. The van der Waals surface area contributed by atoms with E-state index in [9.17, 15) is 4.79 Å². The summed E-state index contributed by atoms with van der Waals surface area (Å²) in [6.45, 7) is 4.14. The summed E-state index contributed by atoms with van der Waals surface area (Å²) in [6, 6.07) is 18.5. The second-order valence-electron chi connectivity index (χ2n) is 4.88. The number of esters is 1. The smallest absolute Gasteiger partial charge is 0.313 e. The minimum Gasteiger partial charge on any atom is -0.466 e. The second-order valence-corrected chi connectivity index (χ2v) is 4.88. The maximum atomic E-state index is 11.8. The Morgan fingerprint density at radius 1 is 1.05 bits per heavy atom. The minimum atomic E-state index is -0.217. The largest absolute Gasteiger partial charge is 0.466 e. The first-order valence-electron chi connectivity index (χ1n) is 7.00. The summed E-state index contributed by atoms with van der Waals surface area (Å²) in [5, 5.41) is 0. The zero-order valence-electron chi connectivity index (χ0n) is 12.0. The van der Waals surface area contributed by atoms with Crippen molar-refractivity contribution in [3.8, 4) is 0 Å². The van der Waals surface area contributed by atoms with Gasteiger partial charge in [-0.2, -0.15) is 0 Å². The van der Waals surface area contributed by atoms with E-state index in [0.717, 1.165) is 12.0 Å². The van der Waals surface area contributed by atoms with E-state index < -0.39 is 0 Å². The minimum absolute atomic E-state index is 0.163. The molecule has 2 nitrogen and oxygen atoms in total. The summed E-state index contributed by atoms with van der Waals surface area (Å²) in [6.07, 6.45) is 0.879. The van der Waals surface area contributed by atoms with Crippen LogP contribution < -0.4 is 0 Å². The van der Waals surface area contributed by atoms with Crippen molar-refractivity contribution < 1.29 is 9.53 Å². The van der Waals surface area contributed by atoms with E-state index in [1.165, 1.54) is 11.1 Å². The number of rotatable bonds is 5. The third-order valence-electron chi connectivity index (χ3n) is 3.34. The van der Waals surface area contributed by atoms with Crippen LogP contribution in [0.15, 0.2) is 54.6 Å². The lowest BCUT2D eigenvalue weighted by Gasteiger charge is -2.12. The Balaban J connectivity index is 2.13. The molecule has 0 fully saturated rings. The first-order valence-corrected chi connectivity index (χ1v) is 7.00. The fraction of sp³-hybridized carbons (Fsp3) is 0.278. The molecular weight excluding hydrogens is 248 g/mol. The molecule has 0 radical (unpaired) electrons. The summed E-state index contributed by atoms with van der Waals surface area (Å²) >= 11 is 0. The molecule has 0 N–H and O–H groups in total. The molecule has 1 unspecified atom stereocenters. The molecule has 0 heterocycles. The van der Waals surface area contributed by atoms with E-state index >= 15 is 0 Å². The van der Waals surface area contributed by atoms with Crippen molar-refractivity contribution in [3.63, 3.8) is 0 Å². The first kappa shape index (κ1) is 14.3. The van der Waals surface area contributed by atoms with Gasteiger partial charge in [-0.05, 0) is 37.0 Å². The van der Waals surface area contributed by atoms with Crippen molar-refractivity contribution in [2.45, 2.75) is 26.2 Å². The molecule has 0 aliphatic heterocycles. The number of benzene rings is 2. The predicted molar refractivity (Wildman–Crippen MR) is 80.7 cm³/mol. The van der Waals surface area contributed by atoms with Crippen LogP contribution in [0.3, 0.4) is 0 Å². The van der Waals surface area contributed by atoms with E-state index in [1.54, 1.807) is 0 Å². The molecular formula is C18H20O2. The van der Waals surface area contributed by atoms with Gasteiger partial charge < -0.3 is 4.74 Å². The summed E-state index contributed by atoms with van der Waals surface area (Å²) in [5.41, 5.74) is 3.50. The summed E-state index contributed by atoms with van der Waals surface area (Å²) < 4.78 is 5.08. The van der Waals surface area contributed by atoms with E-state index in [1.807, 2.05) is 44.2 Å². The SMILES string of the molecule is CCOC(=O)C(C)c1cccc(Cc2ccccc2)c1. The number of hydrogen-bond donors (Lipinski definition) is 0. The third-order valence-corrected chi connectivity index (χ3v) is 3.34. The van der Waals surface area contributed by atoms with Crippen molar-refractivity contribution in [1.29, 1.82) is 0 Å². The molecule has 0 aliphatic carbocycles. The molecule has 2 heteroatoms. The highest BCUT2D eigenvalue weighted by atomic mass is 16.5. The average molecular weight is 268 g/mol. The lowest BCUT2D eigenvalue weighted by Crippen LogP contribution is -2.13. The van der Waals surface area contributed by atoms with Crippen molar-refractivity contribution in [2.75, 3.05) is 6.61 Å². The molecule has 0 spiro atoms. The standard InChI is InChI=1S/C18H20O2/c1-3-20-18(19)14(2)17-11-7-10-16(13-17)12-15-8-5-4-6-9-15/h4-11,13-14H,3,12H2,1-2H3. The first-order chi connectivity index (χ1) is 9.70. The monoisotopic (exact) mass is 268 g/mol. The van der Waals surface area contributed by atoms with Gasteiger partial charge >= 0.3 is 5.97 Å². The Bertz CT molecular complexity index is 561. The van der Waals surface area contributed by atoms with Crippen LogP contribution in [0.4, 0.5) is 0 Å². The highest BCUT2D eigenvalue weighted by Gasteiger charge is 2.16. The average Bonchev–Trinajstić information content (AvgIpc) is 2.48. The number of ether oxygens (including phenoxy) is 1. The van der Waals surface area contributed by atoms with Crippen LogP contribution in [0.2, 0.25) is 0 Å². The van der Waals surface area contributed by atoms with Gasteiger partial charge in [-0.25, -0.2) is 0 Å². The van der Waals surface area contributed by atoms with Crippen molar-refractivity contribution >= 4 is 5.97 Å². The van der Waals surface area contributed by atoms with Crippen LogP contribution in [0.1, 0.15) is 36.5 Å². The Morgan fingerprint density at radius 2 is 1.75 bits per heavy atom. The Kier molecular flexibility index (Phi) is 4.94. The van der Waals surface area contributed by atoms with Gasteiger partial charge in [0.15, 0.2) is 0 Å². The van der Waals surface area contributed by atoms with Gasteiger partial charge in [0, 0.05) is 0 Å². The molecule has 0 saturated heterocycles. The molecule has 1 atom stereocenters. The Labute approximate surface area is 120 Å². The zero-order chi connectivity index (χ0) is 14.4. The Morgan fingerprint density at radius 3 is 2.45 bits per heavy atom. The number of carbonyl (C=O) groups is 1. The van der Waals surface area contributed by atoms with E-state index in [0.29, 0.717) is 6.61 Å². The lowest BCUT2D eigenvalue weighted by atomic mass is 9.96. The topological polar surface area (TPSA) is 26.3 Å². The molecule has 0 amide bonds. The van der Waals surface area contributed by atoms with Gasteiger partial charge in [-0.15, -0.1) is 0 Å². The molecule has 2 rings (SSSR count). The molecule has 0 aliphatic rings. The van der Waals surface area contributed by atoms with Gasteiger partial charge in [0.2, 0.25) is 0 Å². The van der Waals surface area contributed by atoms with Gasteiger partial charge in [-0.3, -0.25) is 4.79 Å². The highest BCUT2D eigenvalue weighted by Crippen LogP contribution is 2.19. The van der Waals surface area contributed by atoms with Gasteiger partial charge in [0.25, 0.3) is 0 Å². The summed E-state index contributed by atoms with van der Waals surface area (Å²) in [5.74, 6) is -0.380. The van der Waals surface area contributed by atoms with E-state index in [-0.39, 0.29) is 11.9 Å². The van der Waals surface area contributed by atoms with Gasteiger partial charge in [-0.1, -0.05) is 54.6 Å². The highest BCUT2D eigenvalue weighted by molar-refractivity contribution is 5.77. The maximum Gasteiger partial charge on any atom is 0.313 e. The molecule has 0 saturated carbocycles. The van der Waals surface area contributed by atoms with Crippen molar-refractivity contribution in [1.82, 2.24) is 0 Å². The molecule has 2 aromatic rings. The van der Waals surface area contributed by atoms with Crippen LogP contribution in [-0.2, 0) is 16.0 Å². The van der Waals surface area contributed by atoms with Crippen LogP contribution in [0.25, 0.3) is 0 Å². The summed E-state index contributed by atoms with van der Waals surface area (Å²) in [4.78, 5) is 11.8. The summed E-state index contributed by atoms with van der Waals surface area (Å²) in [7, 11) is 0.